The summed E-state index contributed by atoms with van der Waals surface area (Å²) in [6.45, 7) is 0. The molecule has 20 nitrogen and oxygen atoms in total. The van der Waals surface area contributed by atoms with Crippen molar-refractivity contribution in [3.05, 3.63) is 70.8 Å². The Labute approximate surface area is 291 Å². The predicted octanol–water partition coefficient (Wildman–Crippen LogP) is -0.902. The number of aromatic hydroxyl groups is 8. The van der Waals surface area contributed by atoms with Crippen molar-refractivity contribution in [2.75, 3.05) is 0 Å². The molecule has 0 spiro atoms. The van der Waals surface area contributed by atoms with Gasteiger partial charge >= 0.3 is 23.9 Å². The first-order valence-corrected chi connectivity index (χ1v) is 11.9. The van der Waals surface area contributed by atoms with Gasteiger partial charge in [-0.3, -0.25) is 0 Å². The van der Waals surface area contributed by atoms with Gasteiger partial charge in [-0.2, -0.15) is 0 Å². The van der Waals surface area contributed by atoms with Crippen molar-refractivity contribution in [3.8, 4) is 69.0 Å². The summed E-state index contributed by atoms with van der Waals surface area (Å²) < 4.78 is 0. The van der Waals surface area contributed by atoms with Crippen LogP contribution in [0.5, 0.6) is 69.0 Å². The number of phenolic OH excluding ortho intramolecular Hbond substituents is 8. The van der Waals surface area contributed by atoms with Crippen LogP contribution in [-0.2, 0) is 0 Å². The third-order valence-corrected chi connectivity index (χ3v) is 5.19. The molecular weight excluding hydrogens is 863 g/mol. The van der Waals surface area contributed by atoms with E-state index in [4.69, 9.17) is 61.3 Å². The molecule has 260 valence electrons. The number of hydrogen-bond acceptors (Lipinski definition) is 16. The molecule has 4 rings (SSSR count). The predicted molar refractivity (Wildman–Crippen MR) is 150 cm³/mol. The van der Waals surface area contributed by atoms with E-state index in [9.17, 15) is 39.6 Å². The van der Waals surface area contributed by atoms with Crippen molar-refractivity contribution < 1.29 is 101 Å². The van der Waals surface area contributed by atoms with Gasteiger partial charge in [-0.05, 0) is 71.5 Å². The number of aromatic carboxylic acids is 4. The summed E-state index contributed by atoms with van der Waals surface area (Å²) in [5.74, 6) is -15.3. The van der Waals surface area contributed by atoms with Crippen LogP contribution in [0.15, 0.2) is 48.5 Å². The van der Waals surface area contributed by atoms with Crippen molar-refractivity contribution in [3.63, 3.8) is 0 Å². The van der Waals surface area contributed by atoms with E-state index >= 15 is 0 Å². The van der Waals surface area contributed by atoms with Crippen LogP contribution in [0.25, 0.3) is 0 Å². The summed E-state index contributed by atoms with van der Waals surface area (Å²) >= 11 is 0. The van der Waals surface area contributed by atoms with E-state index in [-0.39, 0.29) is 49.6 Å². The second kappa shape index (κ2) is 17.8. The molecule has 0 heterocycles. The molecule has 49 heavy (non-hydrogen) atoms. The van der Waals surface area contributed by atoms with Crippen molar-refractivity contribution in [1.29, 1.82) is 0 Å². The van der Waals surface area contributed by atoms with E-state index in [0.717, 1.165) is 48.5 Å². The molecular formula is C28H20O20Pb-4. The Kier molecular flexibility index (Phi) is 15.4. The molecule has 0 fully saturated rings. The third kappa shape index (κ3) is 11.9. The van der Waals surface area contributed by atoms with Gasteiger partial charge in [0.2, 0.25) is 0 Å². The summed E-state index contributed by atoms with van der Waals surface area (Å²) in [5.41, 5.74) is -1.32. The van der Waals surface area contributed by atoms with Crippen molar-refractivity contribution in [2.45, 2.75) is 0 Å². The van der Waals surface area contributed by atoms with Crippen LogP contribution in [0.4, 0.5) is 0 Å². The molecule has 12 N–H and O–H groups in total. The van der Waals surface area contributed by atoms with E-state index in [1.165, 1.54) is 0 Å². The fourth-order valence-corrected chi connectivity index (χ4v) is 2.89. The Morgan fingerprint density at radius 2 is 0.429 bits per heavy atom. The number of hydrogen-bond donors (Lipinski definition) is 12. The molecule has 0 saturated carbocycles. The molecule has 0 saturated heterocycles. The number of phenols is 8. The van der Waals surface area contributed by atoms with Crippen LogP contribution in [0.3, 0.4) is 0 Å². The van der Waals surface area contributed by atoms with Gasteiger partial charge in [0.25, 0.3) is 0 Å². The number of carbonyl (C=O) groups is 4. The summed E-state index contributed by atoms with van der Waals surface area (Å²) in [7, 11) is 0. The molecule has 21 heteroatoms. The summed E-state index contributed by atoms with van der Waals surface area (Å²) in [4.78, 5) is 41.2. The van der Waals surface area contributed by atoms with Gasteiger partial charge in [-0.15, -0.1) is 0 Å². The Morgan fingerprint density at radius 3 is 0.510 bits per heavy atom. The molecule has 0 bridgehead atoms. The van der Waals surface area contributed by atoms with Crippen LogP contribution in [0, 0.1) is 0 Å². The SMILES string of the molecule is O=C(O)c1cc(O)c([O-])c(O)c1.O=C(O)c1cc(O)c([O-])c(O)c1.O=C(O)c1cc(O)c([O-])c(O)c1.O=C(O)c1cc(O)c([O-])c(O)c1.[Pb]. The second-order valence-corrected chi connectivity index (χ2v) is 8.60. The first-order valence-electron chi connectivity index (χ1n) is 11.9. The fraction of sp³-hybridized carbons (Fsp3) is 0. The van der Waals surface area contributed by atoms with Crippen LogP contribution in [-0.4, -0.2) is 112 Å². The Bertz CT molecular complexity index is 1510. The van der Waals surface area contributed by atoms with Crippen molar-refractivity contribution >= 4 is 51.2 Å². The van der Waals surface area contributed by atoms with E-state index in [1.807, 2.05) is 0 Å². The standard InChI is InChI=1S/4C7H6O5.Pb/c4*8-4-1-3(7(11)12)2-5(9)6(4)10;/h4*1-2,8-10H,(H,11,12);/p-4. The largest absolute Gasteiger partial charge is 0.867 e. The van der Waals surface area contributed by atoms with Gasteiger partial charge in [-0.25, -0.2) is 19.2 Å². The molecule has 4 aromatic carbocycles. The van der Waals surface area contributed by atoms with E-state index in [1.54, 1.807) is 0 Å². The minimum absolute atomic E-state index is 0. The van der Waals surface area contributed by atoms with Crippen LogP contribution in [0.2, 0.25) is 0 Å². The van der Waals surface area contributed by atoms with Crippen LogP contribution in [0.1, 0.15) is 41.4 Å². The Balaban J connectivity index is 0.000000623. The first-order chi connectivity index (χ1) is 22.1. The van der Waals surface area contributed by atoms with Crippen LogP contribution < -0.4 is 20.4 Å². The zero-order valence-corrected chi connectivity index (χ0v) is 27.6. The Hall–Kier alpha value is -6.72. The minimum atomic E-state index is -1.32. The van der Waals surface area contributed by atoms with Gasteiger partial charge in [-0.1, -0.05) is 0 Å². The molecule has 0 aromatic heterocycles. The topological polar surface area (TPSA) is 403 Å². The smallest absolute Gasteiger partial charge is 0.335 e. The summed E-state index contributed by atoms with van der Waals surface area (Å²) in [5, 5.41) is 147. The molecule has 0 unspecified atom stereocenters. The van der Waals surface area contributed by atoms with E-state index in [0.29, 0.717) is 0 Å². The molecule has 0 aliphatic rings. The molecule has 0 aliphatic heterocycles. The zero-order chi connectivity index (χ0) is 37.2. The maximum Gasteiger partial charge on any atom is 0.335 e. The molecule has 4 radical (unpaired) electrons. The van der Waals surface area contributed by atoms with Gasteiger partial charge in [0.15, 0.2) is 0 Å². The minimum Gasteiger partial charge on any atom is -0.867 e. The number of carboxylic acid groups (broad SMARTS) is 4. The fourth-order valence-electron chi connectivity index (χ4n) is 2.89. The molecule has 0 amide bonds. The Morgan fingerprint density at radius 1 is 0.327 bits per heavy atom. The monoisotopic (exact) mass is 884 g/mol. The maximum absolute atomic E-state index is 10.7. The zero-order valence-electron chi connectivity index (χ0n) is 23.8. The van der Waals surface area contributed by atoms with Gasteiger partial charge in [0.1, 0.15) is 46.0 Å². The van der Waals surface area contributed by atoms with E-state index in [2.05, 4.69) is 0 Å². The number of carboxylic acids is 4. The van der Waals surface area contributed by atoms with Crippen LogP contribution >= 0.6 is 0 Å². The maximum atomic E-state index is 10.7. The average Bonchev–Trinajstić information content (AvgIpc) is 2.99. The van der Waals surface area contributed by atoms with Gasteiger partial charge in [0, 0.05) is 27.3 Å². The summed E-state index contributed by atoms with van der Waals surface area (Å²) in [6, 6.07) is 6.26. The molecule has 4 aromatic rings. The number of rotatable bonds is 4. The third-order valence-electron chi connectivity index (χ3n) is 5.19. The molecule has 0 atom stereocenters. The normalized spacial score (nSPS) is 9.47. The summed E-state index contributed by atoms with van der Waals surface area (Å²) in [6.07, 6.45) is 0. The van der Waals surface area contributed by atoms with Gasteiger partial charge in [0.05, 0.1) is 22.3 Å². The van der Waals surface area contributed by atoms with Gasteiger partial charge < -0.3 is 81.7 Å². The number of benzene rings is 4. The van der Waals surface area contributed by atoms with Crippen molar-refractivity contribution in [1.82, 2.24) is 0 Å². The second-order valence-electron chi connectivity index (χ2n) is 8.60. The average molecular weight is 884 g/mol. The quantitative estimate of drug-likeness (QED) is 0.110. The first kappa shape index (κ1) is 42.3. The van der Waals surface area contributed by atoms with E-state index < -0.39 is 92.9 Å². The molecule has 0 aliphatic carbocycles. The van der Waals surface area contributed by atoms with Crippen molar-refractivity contribution in [2.24, 2.45) is 0 Å².